The molecule has 0 aliphatic carbocycles. The molecule has 0 unspecified atom stereocenters. The minimum atomic E-state index is -2.04. The highest BCUT2D eigenvalue weighted by Crippen LogP contribution is 2.42. The maximum absolute atomic E-state index is 11.7. The van der Waals surface area contributed by atoms with Crippen LogP contribution in [0.4, 0.5) is 5.82 Å². The van der Waals surface area contributed by atoms with Gasteiger partial charge in [0.1, 0.15) is 24.1 Å². The van der Waals surface area contributed by atoms with Crippen molar-refractivity contribution in [2.24, 2.45) is 0 Å². The molecule has 1 saturated heterocycles. The minimum absolute atomic E-state index is 0.0503. The molecule has 0 spiro atoms. The highest BCUT2D eigenvalue weighted by Gasteiger charge is 2.57. The van der Waals surface area contributed by atoms with E-state index in [-0.39, 0.29) is 5.82 Å². The summed E-state index contributed by atoms with van der Waals surface area (Å²) in [7, 11) is -0.765. The van der Waals surface area contributed by atoms with Crippen LogP contribution in [0, 0.1) is 0 Å². The predicted octanol–water partition coefficient (Wildman–Crippen LogP) is -2.16. The van der Waals surface area contributed by atoms with Crippen LogP contribution in [-0.4, -0.2) is 49.8 Å². The van der Waals surface area contributed by atoms with Gasteiger partial charge in [0.15, 0.2) is 0 Å². The van der Waals surface area contributed by atoms with Gasteiger partial charge in [0.2, 0.25) is 8.46 Å². The Kier molecular flexibility index (Phi) is 3.66. The van der Waals surface area contributed by atoms with Crippen molar-refractivity contribution in [2.45, 2.75) is 23.8 Å². The number of hydrogen-bond donors (Lipinski definition) is 4. The zero-order chi connectivity index (χ0) is 14.2. The fraction of sp³-hybridized carbons (Fsp3) is 0.556. The van der Waals surface area contributed by atoms with Crippen LogP contribution in [0.1, 0.15) is 0 Å². The van der Waals surface area contributed by atoms with Gasteiger partial charge in [-0.3, -0.25) is 9.13 Å². The number of nitrogens with two attached hydrogens (primary N) is 1. The van der Waals surface area contributed by atoms with E-state index in [0.717, 1.165) is 10.8 Å². The van der Waals surface area contributed by atoms with Crippen LogP contribution in [-0.2, 0) is 14.8 Å². The van der Waals surface area contributed by atoms with Crippen LogP contribution in [0.2, 0.25) is 0 Å². The summed E-state index contributed by atoms with van der Waals surface area (Å²) in [6.07, 6.45) is -3.19. The number of aliphatic hydroxyl groups excluding tert-OH is 3. The van der Waals surface area contributed by atoms with Crippen LogP contribution >= 0.6 is 8.46 Å². The quantitative estimate of drug-likeness (QED) is 0.460. The predicted molar refractivity (Wildman–Crippen MR) is 62.5 cm³/mol. The summed E-state index contributed by atoms with van der Waals surface area (Å²) in [5.74, 6) is -0.0503. The van der Waals surface area contributed by atoms with E-state index < -0.39 is 44.5 Å². The summed E-state index contributed by atoms with van der Waals surface area (Å²) < 4.78 is 17.3. The summed E-state index contributed by atoms with van der Waals surface area (Å²) >= 11 is 0. The number of hydrogen-bond acceptors (Lipinski definition) is 8. The third-order valence-electron chi connectivity index (χ3n) is 2.90. The number of nitrogen functional groups attached to an aromatic ring is 1. The summed E-state index contributed by atoms with van der Waals surface area (Å²) in [5, 5.41) is 28.7. The maximum atomic E-state index is 11.7. The minimum Gasteiger partial charge on any atom is -0.394 e. The van der Waals surface area contributed by atoms with Gasteiger partial charge in [-0.15, -0.1) is 0 Å². The van der Waals surface area contributed by atoms with Gasteiger partial charge in [0.25, 0.3) is 5.47 Å². The Morgan fingerprint density at radius 2 is 2.26 bits per heavy atom. The second kappa shape index (κ2) is 4.95. The van der Waals surface area contributed by atoms with E-state index in [4.69, 9.17) is 15.6 Å². The summed E-state index contributed by atoms with van der Waals surface area (Å²) in [6, 6.07) is 1.25. The first-order chi connectivity index (χ1) is 8.96. The van der Waals surface area contributed by atoms with E-state index in [1.54, 1.807) is 0 Å². The molecule has 0 aromatic carbocycles. The first kappa shape index (κ1) is 14.0. The largest absolute Gasteiger partial charge is 0.394 e. The average molecular weight is 289 g/mol. The number of ether oxygens (including phenoxy) is 1. The van der Waals surface area contributed by atoms with Crippen LogP contribution in [0.15, 0.2) is 17.1 Å². The Hall–Kier alpha value is -1.38. The standard InChI is InChI=1S/C9H12N3O6P/c10-5-1-2-12(8(16)11-5)9(19-17)7(15)6(14)4(3-13)18-9/h1-2,4,6-7,13-15H,3H2,(H2,10,11,16)/t4-,6-,7-,9+/m1/s1. The monoisotopic (exact) mass is 289 g/mol. The van der Waals surface area contributed by atoms with Crippen molar-refractivity contribution in [1.82, 2.24) is 9.55 Å². The fourth-order valence-corrected chi connectivity index (χ4v) is 2.59. The molecule has 1 aliphatic heterocycles. The lowest BCUT2D eigenvalue weighted by Crippen LogP contribution is -2.46. The van der Waals surface area contributed by atoms with Crippen LogP contribution in [0.5, 0.6) is 0 Å². The number of rotatable bonds is 3. The van der Waals surface area contributed by atoms with E-state index in [9.17, 15) is 19.6 Å². The third kappa shape index (κ3) is 2.05. The van der Waals surface area contributed by atoms with Crippen LogP contribution < -0.4 is 11.4 Å². The maximum Gasteiger partial charge on any atom is 0.352 e. The van der Waals surface area contributed by atoms with Crippen molar-refractivity contribution in [3.63, 3.8) is 0 Å². The molecule has 1 fully saturated rings. The second-order valence-electron chi connectivity index (χ2n) is 4.03. The molecule has 1 aromatic heterocycles. The first-order valence-electron chi connectivity index (χ1n) is 5.31. The Balaban J connectivity index is 2.55. The molecule has 5 N–H and O–H groups in total. The van der Waals surface area contributed by atoms with Crippen molar-refractivity contribution < 1.29 is 24.6 Å². The third-order valence-corrected chi connectivity index (χ3v) is 3.74. The topological polar surface area (TPSA) is 148 Å². The Labute approximate surface area is 108 Å². The number of anilines is 1. The summed E-state index contributed by atoms with van der Waals surface area (Å²) in [4.78, 5) is 15.2. The zero-order valence-corrected chi connectivity index (χ0v) is 10.5. The molecular weight excluding hydrogens is 277 g/mol. The average Bonchev–Trinajstić information content (AvgIpc) is 2.64. The molecule has 19 heavy (non-hydrogen) atoms. The lowest BCUT2D eigenvalue weighted by molar-refractivity contribution is -0.0859. The molecule has 0 radical (unpaired) electrons. The molecule has 4 atom stereocenters. The Morgan fingerprint density at radius 3 is 2.74 bits per heavy atom. The molecule has 1 aromatic rings. The van der Waals surface area contributed by atoms with Crippen LogP contribution in [0.3, 0.4) is 0 Å². The molecule has 9 nitrogen and oxygen atoms in total. The van der Waals surface area contributed by atoms with E-state index in [2.05, 4.69) is 4.98 Å². The highest BCUT2D eigenvalue weighted by molar-refractivity contribution is 7.24. The van der Waals surface area contributed by atoms with Gasteiger partial charge >= 0.3 is 5.69 Å². The van der Waals surface area contributed by atoms with E-state index in [0.29, 0.717) is 0 Å². The smallest absolute Gasteiger partial charge is 0.352 e. The molecule has 0 saturated carbocycles. The lowest BCUT2D eigenvalue weighted by Gasteiger charge is -2.26. The van der Waals surface area contributed by atoms with Crippen LogP contribution in [0.25, 0.3) is 0 Å². The SMILES string of the molecule is Nc1ccn([C@]2(P=O)O[C@H](CO)[C@@H](O)[C@H]2O)c(=O)n1. The van der Waals surface area contributed by atoms with Gasteiger partial charge in [-0.05, 0) is 6.07 Å². The first-order valence-corrected chi connectivity index (χ1v) is 6.12. The summed E-state index contributed by atoms with van der Waals surface area (Å²) in [6.45, 7) is -0.605. The Bertz CT molecular complexity index is 551. The van der Waals surface area contributed by atoms with Crippen molar-refractivity contribution in [3.05, 3.63) is 22.7 Å². The number of aromatic nitrogens is 2. The molecule has 0 amide bonds. The zero-order valence-electron chi connectivity index (χ0n) is 9.58. The number of nitrogens with zero attached hydrogens (tertiary/aromatic N) is 2. The second-order valence-corrected chi connectivity index (χ2v) is 4.85. The molecule has 2 heterocycles. The van der Waals surface area contributed by atoms with Crippen molar-refractivity contribution >= 4 is 14.3 Å². The molecule has 104 valence electrons. The summed E-state index contributed by atoms with van der Waals surface area (Å²) in [5.41, 5.74) is 2.40. The highest BCUT2D eigenvalue weighted by atomic mass is 31.1. The van der Waals surface area contributed by atoms with Crippen molar-refractivity contribution in [3.8, 4) is 0 Å². The van der Waals surface area contributed by atoms with Gasteiger partial charge < -0.3 is 25.8 Å². The van der Waals surface area contributed by atoms with Gasteiger partial charge in [-0.25, -0.2) is 4.79 Å². The van der Waals surface area contributed by atoms with Gasteiger partial charge in [0, 0.05) is 6.20 Å². The van der Waals surface area contributed by atoms with Crippen molar-refractivity contribution in [2.75, 3.05) is 12.3 Å². The van der Waals surface area contributed by atoms with E-state index in [1.165, 1.54) is 6.07 Å². The van der Waals surface area contributed by atoms with Gasteiger partial charge in [-0.2, -0.15) is 4.98 Å². The fourth-order valence-electron chi connectivity index (χ4n) is 1.91. The molecule has 10 heteroatoms. The molecule has 2 rings (SSSR count). The van der Waals surface area contributed by atoms with E-state index in [1.807, 2.05) is 0 Å². The molecular formula is C9H12N3O6P. The molecule has 0 bridgehead atoms. The van der Waals surface area contributed by atoms with Gasteiger partial charge in [0.05, 0.1) is 6.61 Å². The normalized spacial score (nSPS) is 34.8. The van der Waals surface area contributed by atoms with Crippen molar-refractivity contribution in [1.29, 1.82) is 0 Å². The van der Waals surface area contributed by atoms with E-state index >= 15 is 0 Å². The van der Waals surface area contributed by atoms with Gasteiger partial charge in [-0.1, -0.05) is 0 Å². The lowest BCUT2D eigenvalue weighted by atomic mass is 10.1. The number of aliphatic hydroxyl groups is 3. The molecule has 1 aliphatic rings. The Morgan fingerprint density at radius 1 is 1.58 bits per heavy atom.